The Labute approximate surface area is 129 Å². The van der Waals surface area contributed by atoms with Gasteiger partial charge in [-0.05, 0) is 47.5 Å². The van der Waals surface area contributed by atoms with Crippen molar-refractivity contribution in [3.8, 4) is 0 Å². The first-order chi connectivity index (χ1) is 8.81. The van der Waals surface area contributed by atoms with E-state index in [1.807, 2.05) is 0 Å². The minimum Gasteiger partial charge on any atom is -0.276 e. The molecular weight excluding hydrogens is 372 g/mol. The third kappa shape index (κ3) is 3.10. The molecule has 2 heterocycles. The number of thiophene rings is 1. The van der Waals surface area contributed by atoms with Crippen LogP contribution in [0.15, 0.2) is 27.0 Å². The van der Waals surface area contributed by atoms with E-state index in [-0.39, 0.29) is 10.0 Å². The second-order valence-corrected chi connectivity index (χ2v) is 8.51. The van der Waals surface area contributed by atoms with Crippen LogP contribution < -0.4 is 4.72 Å². The molecular formula is C11H10BrClN2O2S2. The van der Waals surface area contributed by atoms with Crippen LogP contribution in [-0.4, -0.2) is 13.4 Å². The van der Waals surface area contributed by atoms with Gasteiger partial charge in [-0.2, -0.15) is 0 Å². The molecule has 0 aromatic carbocycles. The third-order valence-electron chi connectivity index (χ3n) is 2.48. The van der Waals surface area contributed by atoms with Crippen LogP contribution in [0.5, 0.6) is 0 Å². The van der Waals surface area contributed by atoms with Crippen LogP contribution in [0, 0.1) is 13.8 Å². The number of sulfonamides is 1. The molecule has 0 saturated carbocycles. The fraction of sp³-hybridized carbons (Fsp3) is 0.182. The maximum absolute atomic E-state index is 12.3. The molecule has 2 aromatic rings. The Morgan fingerprint density at radius 1 is 1.42 bits per heavy atom. The van der Waals surface area contributed by atoms with Crippen LogP contribution >= 0.6 is 38.9 Å². The van der Waals surface area contributed by atoms with Crippen LogP contribution in [0.1, 0.15) is 10.4 Å². The number of hydrogen-bond donors (Lipinski definition) is 1. The van der Waals surface area contributed by atoms with Gasteiger partial charge in [0, 0.05) is 11.1 Å². The molecule has 2 rings (SSSR count). The normalized spacial score (nSPS) is 11.6. The Bertz CT molecular complexity index is 708. The summed E-state index contributed by atoms with van der Waals surface area (Å²) in [5.74, 6) is 0. The van der Waals surface area contributed by atoms with Gasteiger partial charge in [-0.15, -0.1) is 11.3 Å². The van der Waals surface area contributed by atoms with E-state index in [0.717, 1.165) is 9.35 Å². The Balaban J connectivity index is 2.45. The summed E-state index contributed by atoms with van der Waals surface area (Å²) in [6.45, 7) is 3.52. The van der Waals surface area contributed by atoms with Crippen LogP contribution in [-0.2, 0) is 10.0 Å². The molecule has 0 aliphatic rings. The highest BCUT2D eigenvalue weighted by Crippen LogP contribution is 2.32. The molecule has 2 aromatic heterocycles. The number of anilines is 1. The summed E-state index contributed by atoms with van der Waals surface area (Å²) >= 11 is 10.6. The molecule has 0 radical (unpaired) electrons. The monoisotopic (exact) mass is 380 g/mol. The maximum atomic E-state index is 12.3. The molecule has 0 unspecified atom stereocenters. The number of aryl methyl sites for hydroxylation is 2. The van der Waals surface area contributed by atoms with Gasteiger partial charge in [0.15, 0.2) is 5.15 Å². The van der Waals surface area contributed by atoms with E-state index in [0.29, 0.717) is 10.6 Å². The molecule has 0 fully saturated rings. The smallest absolute Gasteiger partial charge is 0.263 e. The van der Waals surface area contributed by atoms with Gasteiger partial charge in [0.25, 0.3) is 10.0 Å². The molecule has 0 amide bonds. The van der Waals surface area contributed by atoms with Gasteiger partial charge >= 0.3 is 0 Å². The fourth-order valence-electron chi connectivity index (χ4n) is 1.53. The van der Waals surface area contributed by atoms with Crippen molar-refractivity contribution in [1.29, 1.82) is 0 Å². The quantitative estimate of drug-likeness (QED) is 0.818. The van der Waals surface area contributed by atoms with Crippen LogP contribution in [0.4, 0.5) is 5.69 Å². The van der Waals surface area contributed by atoms with Crippen LogP contribution in [0.3, 0.4) is 0 Å². The van der Waals surface area contributed by atoms with Gasteiger partial charge in [-0.1, -0.05) is 11.6 Å². The van der Waals surface area contributed by atoms with Crippen molar-refractivity contribution in [3.63, 3.8) is 0 Å². The molecule has 19 heavy (non-hydrogen) atoms. The lowest BCUT2D eigenvalue weighted by molar-refractivity contribution is 0.601. The lowest BCUT2D eigenvalue weighted by Crippen LogP contribution is -2.14. The summed E-state index contributed by atoms with van der Waals surface area (Å²) in [6, 6.07) is 3.27. The predicted molar refractivity (Wildman–Crippen MR) is 81.5 cm³/mol. The van der Waals surface area contributed by atoms with Gasteiger partial charge in [0.1, 0.15) is 4.90 Å². The average Bonchev–Trinajstić information content (AvgIpc) is 2.64. The molecule has 0 aliphatic heterocycles. The number of aromatic nitrogens is 1. The van der Waals surface area contributed by atoms with Crippen LogP contribution in [0.25, 0.3) is 0 Å². The Hall–Kier alpha value is -0.630. The van der Waals surface area contributed by atoms with E-state index in [2.05, 4.69) is 25.6 Å². The minimum atomic E-state index is -3.66. The standard InChI is InChI=1S/C11H10BrClN2O2S2/c1-6-3-4-14-11(13)10(6)15-19(16,17)8-5-9(12)18-7(8)2/h3-5,15H,1-2H3. The van der Waals surface area contributed by atoms with Crippen molar-refractivity contribution in [2.75, 3.05) is 4.72 Å². The maximum Gasteiger partial charge on any atom is 0.263 e. The number of nitrogens with zero attached hydrogens (tertiary/aromatic N) is 1. The molecule has 102 valence electrons. The number of pyridine rings is 1. The summed E-state index contributed by atoms with van der Waals surface area (Å²) in [4.78, 5) is 4.82. The predicted octanol–water partition coefficient (Wildman–Crippen LogP) is 3.98. The molecule has 0 spiro atoms. The summed E-state index contributed by atoms with van der Waals surface area (Å²) in [5.41, 5.74) is 1.03. The van der Waals surface area contributed by atoms with E-state index < -0.39 is 10.0 Å². The highest BCUT2D eigenvalue weighted by molar-refractivity contribution is 9.11. The summed E-state index contributed by atoms with van der Waals surface area (Å²) in [6.07, 6.45) is 1.53. The second kappa shape index (κ2) is 5.40. The Morgan fingerprint density at radius 2 is 2.11 bits per heavy atom. The summed E-state index contributed by atoms with van der Waals surface area (Å²) in [5, 5.41) is 0.135. The van der Waals surface area contributed by atoms with Crippen molar-refractivity contribution in [3.05, 3.63) is 37.7 Å². The molecule has 0 saturated heterocycles. The number of hydrogen-bond acceptors (Lipinski definition) is 4. The highest BCUT2D eigenvalue weighted by Gasteiger charge is 2.21. The van der Waals surface area contributed by atoms with Gasteiger partial charge in [0.2, 0.25) is 0 Å². The fourth-order valence-corrected chi connectivity index (χ4v) is 5.40. The van der Waals surface area contributed by atoms with E-state index in [9.17, 15) is 8.42 Å². The molecule has 1 N–H and O–H groups in total. The van der Waals surface area contributed by atoms with Crippen LogP contribution in [0.2, 0.25) is 5.15 Å². The van der Waals surface area contributed by atoms with Gasteiger partial charge in [-0.25, -0.2) is 13.4 Å². The van der Waals surface area contributed by atoms with E-state index in [4.69, 9.17) is 11.6 Å². The average molecular weight is 382 g/mol. The zero-order valence-electron chi connectivity index (χ0n) is 10.1. The van der Waals surface area contributed by atoms with Crippen molar-refractivity contribution in [1.82, 2.24) is 4.98 Å². The van der Waals surface area contributed by atoms with Gasteiger partial charge in [-0.3, -0.25) is 4.72 Å². The SMILES string of the molecule is Cc1ccnc(Cl)c1NS(=O)(=O)c1cc(Br)sc1C. The minimum absolute atomic E-state index is 0.135. The first kappa shape index (κ1) is 14.8. The molecule has 0 bridgehead atoms. The zero-order chi connectivity index (χ0) is 14.2. The van der Waals surface area contributed by atoms with Gasteiger partial charge in [0.05, 0.1) is 9.47 Å². The zero-order valence-corrected chi connectivity index (χ0v) is 14.0. The van der Waals surface area contributed by atoms with E-state index in [1.54, 1.807) is 26.0 Å². The van der Waals surface area contributed by atoms with Crippen molar-refractivity contribution in [2.45, 2.75) is 18.7 Å². The lowest BCUT2D eigenvalue weighted by atomic mass is 10.3. The van der Waals surface area contributed by atoms with E-state index in [1.165, 1.54) is 17.5 Å². The molecule has 8 heteroatoms. The first-order valence-corrected chi connectivity index (χ1v) is 8.68. The molecule has 0 atom stereocenters. The number of rotatable bonds is 3. The largest absolute Gasteiger partial charge is 0.276 e. The van der Waals surface area contributed by atoms with Crippen molar-refractivity contribution < 1.29 is 8.42 Å². The molecule has 0 aliphatic carbocycles. The Morgan fingerprint density at radius 3 is 2.63 bits per heavy atom. The van der Waals surface area contributed by atoms with Crippen molar-refractivity contribution >= 4 is 54.6 Å². The Kier molecular flexibility index (Phi) is 4.20. The number of halogens is 2. The van der Waals surface area contributed by atoms with E-state index >= 15 is 0 Å². The topological polar surface area (TPSA) is 59.1 Å². The first-order valence-electron chi connectivity index (χ1n) is 5.21. The summed E-state index contributed by atoms with van der Waals surface area (Å²) < 4.78 is 27.9. The number of nitrogens with one attached hydrogen (secondary N) is 1. The molecule has 4 nitrogen and oxygen atoms in total. The van der Waals surface area contributed by atoms with Gasteiger partial charge < -0.3 is 0 Å². The van der Waals surface area contributed by atoms with Crippen molar-refractivity contribution in [2.24, 2.45) is 0 Å². The second-order valence-electron chi connectivity index (χ2n) is 3.87. The lowest BCUT2D eigenvalue weighted by Gasteiger charge is -2.11. The highest BCUT2D eigenvalue weighted by atomic mass is 79.9. The third-order valence-corrected chi connectivity index (χ3v) is 5.93. The summed E-state index contributed by atoms with van der Waals surface area (Å²) in [7, 11) is -3.66.